The van der Waals surface area contributed by atoms with Crippen molar-refractivity contribution in [1.82, 2.24) is 9.97 Å². The van der Waals surface area contributed by atoms with Gasteiger partial charge in [0.05, 0.1) is 21.8 Å². The number of nitrogen functional groups attached to an aromatic ring is 1. The van der Waals surface area contributed by atoms with Crippen molar-refractivity contribution in [3.05, 3.63) is 69.3 Å². The highest BCUT2D eigenvalue weighted by atomic mass is 35.5. The van der Waals surface area contributed by atoms with Crippen molar-refractivity contribution in [3.63, 3.8) is 0 Å². The summed E-state index contributed by atoms with van der Waals surface area (Å²) >= 11 is 12.4. The first kappa shape index (κ1) is 25.7. The number of aromatic nitrogens is 2. The van der Waals surface area contributed by atoms with Gasteiger partial charge >= 0.3 is 6.18 Å². The normalized spacial score (nSPS) is 16.0. The van der Waals surface area contributed by atoms with Gasteiger partial charge in [0.25, 0.3) is 5.78 Å². The second-order valence-corrected chi connectivity index (χ2v) is 9.37. The molecule has 1 aromatic carbocycles. The molecule has 2 aromatic heterocycles. The number of hydrogen-bond donors (Lipinski definition) is 1. The molecule has 1 fully saturated rings. The van der Waals surface area contributed by atoms with Gasteiger partial charge in [0.1, 0.15) is 17.7 Å². The molecule has 11 heteroatoms. The summed E-state index contributed by atoms with van der Waals surface area (Å²) in [6.07, 6.45) is -2.89. The van der Waals surface area contributed by atoms with Gasteiger partial charge in [0, 0.05) is 29.4 Å². The lowest BCUT2D eigenvalue weighted by Gasteiger charge is -2.34. The molecule has 4 rings (SSSR count). The number of halogens is 5. The maximum Gasteiger partial charge on any atom is 0.455 e. The lowest BCUT2D eigenvalue weighted by Crippen LogP contribution is -2.37. The van der Waals surface area contributed by atoms with Crippen LogP contribution in [0.15, 0.2) is 42.5 Å². The van der Waals surface area contributed by atoms with Gasteiger partial charge < -0.3 is 10.6 Å². The Hall–Kier alpha value is -3.35. The smallest absolute Gasteiger partial charge is 0.383 e. The van der Waals surface area contributed by atoms with E-state index in [0.29, 0.717) is 57.9 Å². The minimum Gasteiger partial charge on any atom is -0.383 e. The Bertz CT molecular complexity index is 1360. The zero-order valence-electron chi connectivity index (χ0n) is 18.8. The number of benzene rings is 1. The molecule has 0 radical (unpaired) electrons. The largest absolute Gasteiger partial charge is 0.455 e. The van der Waals surface area contributed by atoms with Crippen LogP contribution >= 0.6 is 23.2 Å². The van der Waals surface area contributed by atoms with Crippen LogP contribution in [0.1, 0.15) is 34.5 Å². The van der Waals surface area contributed by atoms with Gasteiger partial charge in [0.2, 0.25) is 0 Å². The molecule has 2 N–H and O–H groups in total. The number of Topliss-reactive ketones (excluding diaryl/α,β-unsaturated/α-hetero) is 1. The van der Waals surface area contributed by atoms with Gasteiger partial charge in [-0.15, -0.1) is 0 Å². The summed E-state index contributed by atoms with van der Waals surface area (Å²) in [6, 6.07) is 13.2. The predicted molar refractivity (Wildman–Crippen MR) is 132 cm³/mol. The maximum atomic E-state index is 12.8. The number of carbonyl (C=O) groups excluding carboxylic acids is 1. The molecular formula is C25H20Cl2F3N5O. The highest BCUT2D eigenvalue weighted by Gasteiger charge is 2.40. The van der Waals surface area contributed by atoms with Crippen molar-refractivity contribution >= 4 is 40.6 Å². The van der Waals surface area contributed by atoms with E-state index in [1.54, 1.807) is 30.3 Å². The van der Waals surface area contributed by atoms with Crippen molar-refractivity contribution < 1.29 is 18.0 Å². The lowest BCUT2D eigenvalue weighted by molar-refractivity contribution is -0.0884. The van der Waals surface area contributed by atoms with Gasteiger partial charge in [-0.1, -0.05) is 23.2 Å². The second-order valence-electron chi connectivity index (χ2n) is 8.52. The van der Waals surface area contributed by atoms with E-state index in [2.05, 4.69) is 11.1 Å². The fourth-order valence-corrected chi connectivity index (χ4v) is 4.82. The van der Waals surface area contributed by atoms with E-state index in [4.69, 9.17) is 33.9 Å². The van der Waals surface area contributed by atoms with Gasteiger partial charge in [0.15, 0.2) is 0 Å². The van der Waals surface area contributed by atoms with E-state index in [1.807, 2.05) is 4.90 Å². The molecule has 3 heterocycles. The molecule has 0 amide bonds. The van der Waals surface area contributed by atoms with Crippen LogP contribution in [0.25, 0.3) is 11.3 Å². The summed E-state index contributed by atoms with van der Waals surface area (Å²) in [4.78, 5) is 22.3. The Morgan fingerprint density at radius 3 is 2.61 bits per heavy atom. The van der Waals surface area contributed by atoms with Crippen molar-refractivity contribution in [2.24, 2.45) is 5.92 Å². The van der Waals surface area contributed by atoms with E-state index >= 15 is 0 Å². The number of ketones is 1. The monoisotopic (exact) mass is 533 g/mol. The average molecular weight is 534 g/mol. The van der Waals surface area contributed by atoms with Crippen molar-refractivity contribution in [3.8, 4) is 17.3 Å². The third kappa shape index (κ3) is 5.55. The highest BCUT2D eigenvalue weighted by molar-refractivity contribution is 6.36. The Balaban J connectivity index is 1.55. The summed E-state index contributed by atoms with van der Waals surface area (Å²) in [7, 11) is 0. The molecule has 0 aliphatic carbocycles. The zero-order valence-corrected chi connectivity index (χ0v) is 20.3. The van der Waals surface area contributed by atoms with Crippen LogP contribution in [0.5, 0.6) is 0 Å². The van der Waals surface area contributed by atoms with Crippen LogP contribution in [0.2, 0.25) is 10.0 Å². The molecule has 1 atom stereocenters. The Morgan fingerprint density at radius 2 is 1.94 bits per heavy atom. The minimum atomic E-state index is -5.02. The topological polar surface area (TPSA) is 95.9 Å². The number of nitriles is 1. The minimum absolute atomic E-state index is 0.0888. The van der Waals surface area contributed by atoms with E-state index in [0.717, 1.165) is 18.9 Å². The molecule has 1 aliphatic heterocycles. The number of carbonyl (C=O) groups is 1. The molecule has 36 heavy (non-hydrogen) atoms. The zero-order chi connectivity index (χ0) is 26.0. The average Bonchev–Trinajstić information content (AvgIpc) is 2.83. The van der Waals surface area contributed by atoms with Crippen LogP contribution in [0.4, 0.5) is 24.8 Å². The van der Waals surface area contributed by atoms with Gasteiger partial charge in [-0.05, 0) is 67.6 Å². The molecule has 1 unspecified atom stereocenters. The Labute approximate surface area is 215 Å². The van der Waals surface area contributed by atoms with Crippen LogP contribution < -0.4 is 10.6 Å². The van der Waals surface area contributed by atoms with Gasteiger partial charge in [-0.2, -0.15) is 18.4 Å². The fraction of sp³-hybridized carbons (Fsp3) is 0.280. The van der Waals surface area contributed by atoms with Gasteiger partial charge in [-0.25, -0.2) is 9.97 Å². The van der Waals surface area contributed by atoms with E-state index in [1.165, 1.54) is 6.07 Å². The number of nitrogens with two attached hydrogens (primary N) is 1. The molecular weight excluding hydrogens is 514 g/mol. The molecule has 186 valence electrons. The third-order valence-electron chi connectivity index (χ3n) is 6.00. The Kier molecular flexibility index (Phi) is 7.38. The number of anilines is 2. The van der Waals surface area contributed by atoms with E-state index < -0.39 is 23.3 Å². The standard InChI is InChI=1S/C25H20Cl2F3N5O/c26-16-4-6-18(20(27)11-16)21-8-3-15(12-31)24(34-21)35-9-1-2-14(13-35)10-17-5-7-19(23(32)33-17)22(36)25(28,29)30/h3-8,11,14H,1-2,9-10,13H2,(H2,32,33). The maximum absolute atomic E-state index is 12.8. The lowest BCUT2D eigenvalue weighted by atomic mass is 9.92. The molecule has 3 aromatic rings. The molecule has 1 saturated heterocycles. The summed E-state index contributed by atoms with van der Waals surface area (Å²) in [5.74, 6) is -1.84. The number of nitrogens with zero attached hydrogens (tertiary/aromatic N) is 4. The highest BCUT2D eigenvalue weighted by Crippen LogP contribution is 2.33. The molecule has 0 saturated carbocycles. The van der Waals surface area contributed by atoms with Crippen LogP contribution in [-0.4, -0.2) is 35.0 Å². The van der Waals surface area contributed by atoms with Crippen molar-refractivity contribution in [2.75, 3.05) is 23.7 Å². The summed E-state index contributed by atoms with van der Waals surface area (Å²) in [6.45, 7) is 1.24. The van der Waals surface area contributed by atoms with Crippen LogP contribution in [0.3, 0.4) is 0 Å². The second kappa shape index (κ2) is 10.3. The number of piperidine rings is 1. The van der Waals surface area contributed by atoms with Crippen LogP contribution in [-0.2, 0) is 6.42 Å². The quantitative estimate of drug-likeness (QED) is 0.397. The molecule has 0 spiro atoms. The molecule has 6 nitrogen and oxygen atoms in total. The number of alkyl halides is 3. The van der Waals surface area contributed by atoms with E-state index in [-0.39, 0.29) is 5.92 Å². The fourth-order valence-electron chi connectivity index (χ4n) is 4.32. The molecule has 0 bridgehead atoms. The summed E-state index contributed by atoms with van der Waals surface area (Å²) in [5, 5.41) is 10.6. The summed E-state index contributed by atoms with van der Waals surface area (Å²) in [5.41, 5.74) is 7.22. The molecule has 1 aliphatic rings. The summed E-state index contributed by atoms with van der Waals surface area (Å²) < 4.78 is 38.3. The van der Waals surface area contributed by atoms with E-state index in [9.17, 15) is 23.2 Å². The Morgan fingerprint density at radius 1 is 1.17 bits per heavy atom. The first-order chi connectivity index (χ1) is 17.1. The first-order valence-corrected chi connectivity index (χ1v) is 11.8. The van der Waals surface area contributed by atoms with Crippen molar-refractivity contribution in [1.29, 1.82) is 5.26 Å². The van der Waals surface area contributed by atoms with Gasteiger partial charge in [-0.3, -0.25) is 4.79 Å². The third-order valence-corrected chi connectivity index (χ3v) is 6.55. The SMILES string of the molecule is N#Cc1ccc(-c2ccc(Cl)cc2Cl)nc1N1CCCC(Cc2ccc(C(=O)C(F)(F)F)c(N)n2)C1. The van der Waals surface area contributed by atoms with Crippen molar-refractivity contribution in [2.45, 2.75) is 25.4 Å². The number of rotatable bonds is 5. The first-order valence-electron chi connectivity index (χ1n) is 11.0. The van der Waals surface area contributed by atoms with Crippen LogP contribution in [0, 0.1) is 17.2 Å². The number of pyridine rings is 2. The predicted octanol–water partition coefficient (Wildman–Crippen LogP) is 6.11. The number of hydrogen-bond acceptors (Lipinski definition) is 6.